The summed E-state index contributed by atoms with van der Waals surface area (Å²) in [6.45, 7) is 11.1. The Kier molecular flexibility index (Phi) is 7.46. The van der Waals surface area contributed by atoms with Gasteiger partial charge in [-0.2, -0.15) is 0 Å². The van der Waals surface area contributed by atoms with E-state index in [0.29, 0.717) is 11.1 Å². The third-order valence-corrected chi connectivity index (χ3v) is 5.34. The minimum atomic E-state index is -2.67. The van der Waals surface area contributed by atoms with Gasteiger partial charge in [-0.3, -0.25) is 0 Å². The maximum absolute atomic E-state index is 12.7. The Hall–Kier alpha value is -1.12. The van der Waals surface area contributed by atoms with E-state index in [1.807, 2.05) is 65.8 Å². The number of benzene rings is 2. The Balaban J connectivity index is 0.00000312. The quantitative estimate of drug-likeness (QED) is 0.618. The SMILES string of the molecule is Cc1cc(C)c(C(=O)[P+](=O)C(=O)c2c(C)cc(C)cc2C)c(C)c1.[H-].[Na+]. The van der Waals surface area contributed by atoms with Crippen LogP contribution in [0.4, 0.5) is 0 Å². The molecule has 5 heteroatoms. The fraction of sp³-hybridized carbons (Fsp3) is 0.300. The summed E-state index contributed by atoms with van der Waals surface area (Å²) in [6.07, 6.45) is 0. The summed E-state index contributed by atoms with van der Waals surface area (Å²) in [5.74, 6) is 0. The van der Waals surface area contributed by atoms with Crippen LogP contribution in [0.1, 0.15) is 55.5 Å². The number of rotatable bonds is 4. The molecule has 0 aliphatic heterocycles. The second-order valence-electron chi connectivity index (χ2n) is 6.45. The molecule has 0 saturated carbocycles. The van der Waals surface area contributed by atoms with Crippen molar-refractivity contribution in [3.63, 3.8) is 0 Å². The van der Waals surface area contributed by atoms with E-state index in [-0.39, 0.29) is 31.0 Å². The van der Waals surface area contributed by atoms with Crippen molar-refractivity contribution in [3.05, 3.63) is 68.8 Å². The average Bonchev–Trinajstić information content (AvgIpc) is 2.43. The molecular weight excluding hydrogens is 342 g/mol. The molecule has 0 aliphatic carbocycles. The van der Waals surface area contributed by atoms with Crippen molar-refractivity contribution in [2.24, 2.45) is 0 Å². The van der Waals surface area contributed by atoms with Crippen LogP contribution >= 0.6 is 7.80 Å². The van der Waals surface area contributed by atoms with E-state index in [4.69, 9.17) is 0 Å². The Labute approximate surface area is 173 Å². The van der Waals surface area contributed by atoms with Crippen molar-refractivity contribution < 1.29 is 45.1 Å². The van der Waals surface area contributed by atoms with Gasteiger partial charge in [-0.05, 0) is 63.8 Å². The van der Waals surface area contributed by atoms with Gasteiger partial charge in [0, 0.05) is 0 Å². The summed E-state index contributed by atoms with van der Waals surface area (Å²) in [5, 5.41) is 0. The second kappa shape index (κ2) is 8.51. The molecule has 0 aliphatic rings. The minimum absolute atomic E-state index is 0. The Morgan fingerprint density at radius 2 is 0.920 bits per heavy atom. The van der Waals surface area contributed by atoms with Crippen molar-refractivity contribution in [1.82, 2.24) is 0 Å². The summed E-state index contributed by atoms with van der Waals surface area (Å²) in [6, 6.07) is 7.49. The van der Waals surface area contributed by atoms with E-state index in [1.54, 1.807) is 0 Å². The molecular formula is C20H23NaO3P+. The van der Waals surface area contributed by atoms with Crippen LogP contribution in [0.25, 0.3) is 0 Å². The first-order valence-electron chi connectivity index (χ1n) is 7.85. The molecule has 2 aromatic carbocycles. The molecule has 25 heavy (non-hydrogen) atoms. The zero-order valence-corrected chi connectivity index (χ0v) is 18.9. The number of carbonyl (C=O) groups excluding carboxylic acids is 2. The maximum atomic E-state index is 12.7. The van der Waals surface area contributed by atoms with Crippen LogP contribution < -0.4 is 29.6 Å². The molecule has 0 heterocycles. The third kappa shape index (κ3) is 4.54. The van der Waals surface area contributed by atoms with Crippen LogP contribution in [0.15, 0.2) is 24.3 Å². The van der Waals surface area contributed by atoms with Gasteiger partial charge < -0.3 is 1.43 Å². The number of aryl methyl sites for hydroxylation is 6. The van der Waals surface area contributed by atoms with Gasteiger partial charge in [0.05, 0.1) is 11.1 Å². The van der Waals surface area contributed by atoms with Crippen LogP contribution in [-0.4, -0.2) is 11.0 Å². The molecule has 2 aromatic rings. The van der Waals surface area contributed by atoms with Crippen LogP contribution in [-0.2, 0) is 4.57 Å². The van der Waals surface area contributed by atoms with Crippen molar-refractivity contribution in [1.29, 1.82) is 0 Å². The van der Waals surface area contributed by atoms with Crippen LogP contribution in [0.2, 0.25) is 0 Å². The second-order valence-corrected chi connectivity index (χ2v) is 7.85. The van der Waals surface area contributed by atoms with Crippen molar-refractivity contribution >= 4 is 18.8 Å². The molecule has 0 bridgehead atoms. The first-order chi connectivity index (χ1) is 11.1. The molecule has 126 valence electrons. The van der Waals surface area contributed by atoms with Crippen molar-refractivity contribution in [2.75, 3.05) is 0 Å². The smallest absolute Gasteiger partial charge is 1.00 e. The largest absolute Gasteiger partial charge is 1.00 e. The molecule has 0 spiro atoms. The fourth-order valence-corrected chi connectivity index (χ4v) is 4.63. The van der Waals surface area contributed by atoms with Crippen molar-refractivity contribution in [2.45, 2.75) is 41.5 Å². The van der Waals surface area contributed by atoms with Gasteiger partial charge >= 0.3 is 48.4 Å². The first-order valence-corrected chi connectivity index (χ1v) is 9.11. The standard InChI is InChI=1S/C20H22O3P.Na.H/c1-11-7-13(3)17(14(4)8-11)19(21)24(23)20(22)18-15(5)9-12(2)10-16(18)6;;/h7-10H,1-6H3;;/q2*+1;-1. The van der Waals surface area contributed by atoms with Gasteiger partial charge in [0.1, 0.15) is 0 Å². The zero-order valence-electron chi connectivity index (χ0n) is 17.0. The Bertz CT molecular complexity index is 773. The van der Waals surface area contributed by atoms with Crippen LogP contribution in [0.5, 0.6) is 0 Å². The van der Waals surface area contributed by atoms with Gasteiger partial charge in [0.25, 0.3) is 0 Å². The summed E-state index contributed by atoms with van der Waals surface area (Å²) in [4.78, 5) is 25.4. The number of hydrogen-bond acceptors (Lipinski definition) is 3. The number of carbonyl (C=O) groups is 2. The summed E-state index contributed by atoms with van der Waals surface area (Å²) in [7, 11) is -2.67. The molecule has 0 radical (unpaired) electrons. The van der Waals surface area contributed by atoms with E-state index in [2.05, 4.69) is 0 Å². The predicted octanol–water partition coefficient (Wildman–Crippen LogP) is 2.46. The molecule has 0 N–H and O–H groups in total. The average molecular weight is 365 g/mol. The minimum Gasteiger partial charge on any atom is -1.00 e. The normalized spacial score (nSPS) is 10.2. The van der Waals surface area contributed by atoms with Gasteiger partial charge in [0.15, 0.2) is 0 Å². The van der Waals surface area contributed by atoms with E-state index < -0.39 is 18.8 Å². The maximum Gasteiger partial charge on any atom is 1.00 e. The van der Waals surface area contributed by atoms with Crippen LogP contribution in [0, 0.1) is 41.5 Å². The molecule has 2 rings (SSSR count). The summed E-state index contributed by atoms with van der Waals surface area (Å²) < 4.78 is 12.7. The Morgan fingerprint density at radius 3 is 1.16 bits per heavy atom. The van der Waals surface area contributed by atoms with Gasteiger partial charge in [-0.1, -0.05) is 40.0 Å². The molecule has 0 amide bonds. The van der Waals surface area contributed by atoms with Crippen LogP contribution in [0.3, 0.4) is 0 Å². The molecule has 0 saturated heterocycles. The monoisotopic (exact) mass is 365 g/mol. The van der Waals surface area contributed by atoms with Gasteiger partial charge in [-0.15, -0.1) is 0 Å². The Morgan fingerprint density at radius 1 is 0.680 bits per heavy atom. The molecule has 0 aromatic heterocycles. The van der Waals surface area contributed by atoms with Gasteiger partial charge in [-0.25, -0.2) is 9.59 Å². The third-order valence-electron chi connectivity index (χ3n) is 4.15. The first kappa shape index (κ1) is 21.9. The zero-order chi connectivity index (χ0) is 18.2. The number of hydrogen-bond donors (Lipinski definition) is 0. The molecule has 0 unspecified atom stereocenters. The van der Waals surface area contributed by atoms with E-state index in [0.717, 1.165) is 33.4 Å². The fourth-order valence-electron chi connectivity index (χ4n) is 3.33. The molecule has 0 atom stereocenters. The van der Waals surface area contributed by atoms with E-state index in [1.165, 1.54) is 0 Å². The molecule has 0 fully saturated rings. The predicted molar refractivity (Wildman–Crippen MR) is 98.7 cm³/mol. The summed E-state index contributed by atoms with van der Waals surface area (Å²) in [5.41, 5.74) is 4.74. The van der Waals surface area contributed by atoms with E-state index >= 15 is 0 Å². The summed E-state index contributed by atoms with van der Waals surface area (Å²) >= 11 is 0. The molecule has 3 nitrogen and oxygen atoms in total. The topological polar surface area (TPSA) is 51.2 Å². The van der Waals surface area contributed by atoms with Crippen molar-refractivity contribution in [3.8, 4) is 0 Å². The van der Waals surface area contributed by atoms with E-state index in [9.17, 15) is 14.2 Å². The van der Waals surface area contributed by atoms with Gasteiger partial charge in [0.2, 0.25) is 0 Å².